The number of rotatable bonds is 9. The molecule has 0 aliphatic heterocycles. The maximum atomic E-state index is 13.0. The smallest absolute Gasteiger partial charge is 0.240 e. The van der Waals surface area contributed by atoms with Crippen molar-refractivity contribution in [1.82, 2.24) is 15.0 Å². The monoisotopic (exact) mass is 497 g/mol. The maximum absolute atomic E-state index is 13.0. The molecule has 1 amide bonds. The van der Waals surface area contributed by atoms with Crippen LogP contribution in [0.4, 0.5) is 0 Å². The third-order valence-corrected chi connectivity index (χ3v) is 7.88. The summed E-state index contributed by atoms with van der Waals surface area (Å²) in [5.74, 6) is 0.186. The number of aliphatic hydroxyl groups is 1. The lowest BCUT2D eigenvalue weighted by Gasteiger charge is -2.29. The number of aliphatic hydroxyl groups excluding tert-OH is 1. The second-order valence-electron chi connectivity index (χ2n) is 8.76. The number of nitrogens with one attached hydrogen (secondary N) is 2. The summed E-state index contributed by atoms with van der Waals surface area (Å²) in [6.45, 7) is 2.20. The zero-order valence-electron chi connectivity index (χ0n) is 19.7. The number of aromatic nitrogens is 1. The van der Waals surface area contributed by atoms with Gasteiger partial charge >= 0.3 is 0 Å². The molecular weight excluding hydrogens is 466 g/mol. The molecule has 3 aromatic rings. The number of amides is 1. The lowest BCUT2D eigenvalue weighted by Crippen LogP contribution is -2.42. The molecular formula is C26H31N3O5S. The Morgan fingerprint density at radius 3 is 2.51 bits per heavy atom. The van der Waals surface area contributed by atoms with Crippen molar-refractivity contribution >= 4 is 26.8 Å². The van der Waals surface area contributed by atoms with Crippen molar-refractivity contribution in [2.75, 3.05) is 13.2 Å². The highest BCUT2D eigenvalue weighted by Crippen LogP contribution is 2.27. The van der Waals surface area contributed by atoms with Gasteiger partial charge in [0.1, 0.15) is 0 Å². The van der Waals surface area contributed by atoms with Crippen molar-refractivity contribution in [1.29, 1.82) is 0 Å². The summed E-state index contributed by atoms with van der Waals surface area (Å²) in [5, 5.41) is 13.4. The number of hydrogen-bond donors (Lipinski definition) is 3. The van der Waals surface area contributed by atoms with Crippen LogP contribution in [0, 0.1) is 5.92 Å². The number of hydrogen-bond acceptors (Lipinski definition) is 6. The molecule has 35 heavy (non-hydrogen) atoms. The minimum Gasteiger partial charge on any atom is -0.478 e. The van der Waals surface area contributed by atoms with E-state index in [1.54, 1.807) is 30.3 Å². The largest absolute Gasteiger partial charge is 0.478 e. The number of sulfonamides is 1. The number of ether oxygens (including phenoxy) is 1. The number of carbonyl (C=O) groups is 1. The summed E-state index contributed by atoms with van der Waals surface area (Å²) in [7, 11) is -3.71. The van der Waals surface area contributed by atoms with Crippen molar-refractivity contribution < 1.29 is 23.1 Å². The highest BCUT2D eigenvalue weighted by molar-refractivity contribution is 7.89. The molecule has 3 N–H and O–H groups in total. The third-order valence-electron chi connectivity index (χ3n) is 6.36. The van der Waals surface area contributed by atoms with E-state index in [1.807, 2.05) is 37.3 Å². The number of benzene rings is 2. The van der Waals surface area contributed by atoms with Crippen LogP contribution < -0.4 is 14.8 Å². The van der Waals surface area contributed by atoms with E-state index in [-0.39, 0.29) is 29.4 Å². The molecule has 1 aliphatic carbocycles. The van der Waals surface area contributed by atoms with E-state index in [9.17, 15) is 18.3 Å². The summed E-state index contributed by atoms with van der Waals surface area (Å²) in [6, 6.07) is 17.0. The van der Waals surface area contributed by atoms with Crippen LogP contribution in [0.3, 0.4) is 0 Å². The Morgan fingerprint density at radius 2 is 1.83 bits per heavy atom. The zero-order valence-corrected chi connectivity index (χ0v) is 20.5. The average molecular weight is 498 g/mol. The van der Waals surface area contributed by atoms with Gasteiger partial charge in [-0.25, -0.2) is 18.1 Å². The highest BCUT2D eigenvalue weighted by Gasteiger charge is 2.30. The first kappa shape index (κ1) is 25.1. The Kier molecular flexibility index (Phi) is 8.00. The summed E-state index contributed by atoms with van der Waals surface area (Å²) in [6.07, 6.45) is 2.29. The molecule has 0 saturated heterocycles. The Morgan fingerprint density at radius 1 is 1.09 bits per heavy atom. The fourth-order valence-electron chi connectivity index (χ4n) is 4.45. The van der Waals surface area contributed by atoms with Crippen molar-refractivity contribution in [3.8, 4) is 5.88 Å². The van der Waals surface area contributed by atoms with Gasteiger partial charge in [-0.1, -0.05) is 30.3 Å². The molecule has 0 radical (unpaired) electrons. The summed E-state index contributed by atoms with van der Waals surface area (Å²) >= 11 is 0. The Hall–Kier alpha value is -3.01. The molecule has 0 spiro atoms. The van der Waals surface area contributed by atoms with Crippen molar-refractivity contribution in [3.05, 3.63) is 66.2 Å². The van der Waals surface area contributed by atoms with Crippen LogP contribution in [0.25, 0.3) is 10.9 Å². The lowest BCUT2D eigenvalue weighted by molar-refractivity contribution is -0.127. The quantitative estimate of drug-likeness (QED) is 0.418. The van der Waals surface area contributed by atoms with E-state index >= 15 is 0 Å². The van der Waals surface area contributed by atoms with Gasteiger partial charge in [-0.05, 0) is 62.4 Å². The number of nitrogens with zero attached hydrogens (tertiary/aromatic N) is 1. The van der Waals surface area contributed by atoms with Crippen molar-refractivity contribution in [2.24, 2.45) is 5.92 Å². The molecule has 1 aliphatic rings. The standard InChI is InChI=1S/C26H31N3O5S/c1-2-34-25-15-10-20-16-22(13-14-23(20)27-25)35(32,33)29-21-11-8-19(9-12-21)26(31)28-24(17-30)18-6-4-3-5-7-18/h3-7,10,13-16,19,21,24,29-30H,2,8-9,11-12,17H2,1H3,(H,28,31)/t19?,21?,24-/m1/s1. The van der Waals surface area contributed by atoms with Gasteiger partial charge in [-0.15, -0.1) is 0 Å². The predicted molar refractivity (Wildman–Crippen MR) is 133 cm³/mol. The molecule has 4 rings (SSSR count). The number of pyridine rings is 1. The van der Waals surface area contributed by atoms with Gasteiger partial charge in [-0.2, -0.15) is 0 Å². The Bertz CT molecular complexity index is 1260. The predicted octanol–water partition coefficient (Wildman–Crippen LogP) is 3.32. The SMILES string of the molecule is CCOc1ccc2cc(S(=O)(=O)NC3CCC(C(=O)N[C@H](CO)c4ccccc4)CC3)ccc2n1. The lowest BCUT2D eigenvalue weighted by atomic mass is 9.85. The third kappa shape index (κ3) is 6.17. The molecule has 1 aromatic heterocycles. The van der Waals surface area contributed by atoms with Gasteiger partial charge in [0.2, 0.25) is 21.8 Å². The zero-order chi connectivity index (χ0) is 24.8. The number of fused-ring (bicyclic) bond motifs is 1. The molecule has 0 unspecified atom stereocenters. The van der Waals surface area contributed by atoms with E-state index in [4.69, 9.17) is 4.74 Å². The molecule has 1 saturated carbocycles. The second kappa shape index (κ2) is 11.2. The first-order valence-electron chi connectivity index (χ1n) is 11.9. The normalized spacial score (nSPS) is 19.3. The highest BCUT2D eigenvalue weighted by atomic mass is 32.2. The first-order chi connectivity index (χ1) is 16.9. The summed E-state index contributed by atoms with van der Waals surface area (Å²) < 4.78 is 34.2. The van der Waals surface area contributed by atoms with Gasteiger partial charge in [-0.3, -0.25) is 4.79 Å². The van der Waals surface area contributed by atoms with Crippen LogP contribution in [0.1, 0.15) is 44.2 Å². The van der Waals surface area contributed by atoms with Crippen molar-refractivity contribution in [3.63, 3.8) is 0 Å². The van der Waals surface area contributed by atoms with Crippen LogP contribution in [-0.2, 0) is 14.8 Å². The number of carbonyl (C=O) groups excluding carboxylic acids is 1. The maximum Gasteiger partial charge on any atom is 0.240 e. The van der Waals surface area contributed by atoms with E-state index in [0.29, 0.717) is 49.1 Å². The molecule has 1 fully saturated rings. The topological polar surface area (TPSA) is 118 Å². The fourth-order valence-corrected chi connectivity index (χ4v) is 5.79. The first-order valence-corrected chi connectivity index (χ1v) is 13.4. The van der Waals surface area contributed by atoms with Crippen molar-refractivity contribution in [2.45, 2.75) is 49.6 Å². The van der Waals surface area contributed by atoms with E-state index in [2.05, 4.69) is 15.0 Å². The van der Waals surface area contributed by atoms with Crippen LogP contribution >= 0.6 is 0 Å². The summed E-state index contributed by atoms with van der Waals surface area (Å²) in [5.41, 5.74) is 1.52. The Labute approximate surface area is 205 Å². The van der Waals surface area contributed by atoms with Crippen LogP contribution in [0.5, 0.6) is 5.88 Å². The van der Waals surface area contributed by atoms with Gasteiger partial charge in [0, 0.05) is 23.4 Å². The minimum atomic E-state index is -3.71. The summed E-state index contributed by atoms with van der Waals surface area (Å²) in [4.78, 5) is 17.3. The van der Waals surface area contributed by atoms with Gasteiger partial charge in [0.05, 0.1) is 29.7 Å². The van der Waals surface area contributed by atoms with Gasteiger partial charge < -0.3 is 15.2 Å². The van der Waals surface area contributed by atoms with Crippen LogP contribution in [-0.4, -0.2) is 43.7 Å². The molecule has 1 heterocycles. The average Bonchev–Trinajstić information content (AvgIpc) is 2.87. The van der Waals surface area contributed by atoms with Gasteiger partial charge in [0.25, 0.3) is 0 Å². The van der Waals surface area contributed by atoms with Crippen LogP contribution in [0.15, 0.2) is 65.6 Å². The van der Waals surface area contributed by atoms with E-state index in [0.717, 1.165) is 5.56 Å². The Balaban J connectivity index is 1.34. The second-order valence-corrected chi connectivity index (χ2v) is 10.5. The van der Waals surface area contributed by atoms with Crippen LogP contribution in [0.2, 0.25) is 0 Å². The fraction of sp³-hybridized carbons (Fsp3) is 0.385. The molecule has 8 nitrogen and oxygen atoms in total. The molecule has 1 atom stereocenters. The molecule has 0 bridgehead atoms. The minimum absolute atomic E-state index is 0.109. The van der Waals surface area contributed by atoms with Gasteiger partial charge in [0.15, 0.2) is 0 Å². The van der Waals surface area contributed by atoms with E-state index < -0.39 is 16.1 Å². The molecule has 9 heteroatoms. The molecule has 186 valence electrons. The van der Waals surface area contributed by atoms with E-state index in [1.165, 1.54) is 0 Å². The molecule has 2 aromatic carbocycles.